The number of hydrogen-bond donors (Lipinski definition) is 0. The molecule has 6 nitrogen and oxygen atoms in total. The average Bonchev–Trinajstić information content (AvgIpc) is 3.49. The third-order valence-electron chi connectivity index (χ3n) is 18.1. The average molecular weight is 1170 g/mol. The highest BCUT2D eigenvalue weighted by molar-refractivity contribution is 5.71. The van der Waals surface area contributed by atoms with Crippen molar-refractivity contribution in [2.45, 2.75) is 463 Å². The van der Waals surface area contributed by atoms with Crippen LogP contribution >= 0.6 is 0 Å². The molecule has 494 valence electrons. The summed E-state index contributed by atoms with van der Waals surface area (Å²) in [7, 11) is 0. The third-order valence-corrected chi connectivity index (χ3v) is 18.1. The number of rotatable bonds is 73. The van der Waals surface area contributed by atoms with Crippen LogP contribution in [0.1, 0.15) is 457 Å². The lowest BCUT2D eigenvalue weighted by atomic mass is 10.0. The molecule has 0 radical (unpaired) electrons. The fourth-order valence-corrected chi connectivity index (χ4v) is 12.3. The predicted molar refractivity (Wildman–Crippen MR) is 363 cm³/mol. The van der Waals surface area contributed by atoms with Gasteiger partial charge in [0.25, 0.3) is 0 Å². The topological polar surface area (TPSA) is 78.9 Å². The van der Waals surface area contributed by atoms with Crippen molar-refractivity contribution in [2.24, 2.45) is 0 Å². The first-order chi connectivity index (χ1) is 41.0. The van der Waals surface area contributed by atoms with Gasteiger partial charge in [-0.3, -0.25) is 14.4 Å². The molecular formula is C77H150O6. The summed E-state index contributed by atoms with van der Waals surface area (Å²) in [6.45, 7) is 6.76. The summed E-state index contributed by atoms with van der Waals surface area (Å²) in [6, 6.07) is 0. The van der Waals surface area contributed by atoms with E-state index in [0.29, 0.717) is 19.3 Å². The monoisotopic (exact) mass is 1170 g/mol. The van der Waals surface area contributed by atoms with Crippen molar-refractivity contribution in [3.63, 3.8) is 0 Å². The zero-order chi connectivity index (χ0) is 59.9. The van der Waals surface area contributed by atoms with Crippen LogP contribution in [0.2, 0.25) is 0 Å². The largest absolute Gasteiger partial charge is 0.462 e. The molecule has 0 bridgehead atoms. The highest BCUT2D eigenvalue weighted by Gasteiger charge is 2.20. The van der Waals surface area contributed by atoms with Crippen molar-refractivity contribution in [3.8, 4) is 0 Å². The van der Waals surface area contributed by atoms with Crippen LogP contribution in [0, 0.1) is 0 Å². The van der Waals surface area contributed by atoms with Gasteiger partial charge in [0.1, 0.15) is 13.2 Å². The first kappa shape index (κ1) is 81.4. The summed E-state index contributed by atoms with van der Waals surface area (Å²) >= 11 is 0. The molecule has 0 saturated heterocycles. The minimum absolute atomic E-state index is 0.0598. The first-order valence-corrected chi connectivity index (χ1v) is 38.5. The minimum atomic E-state index is -0.764. The Bertz CT molecular complexity index is 1250. The van der Waals surface area contributed by atoms with E-state index in [1.54, 1.807) is 0 Å². The highest BCUT2D eigenvalue weighted by atomic mass is 16.6. The molecule has 0 rings (SSSR count). The van der Waals surface area contributed by atoms with Crippen molar-refractivity contribution < 1.29 is 28.6 Å². The lowest BCUT2D eigenvalue weighted by molar-refractivity contribution is -0.167. The molecular weight excluding hydrogens is 1020 g/mol. The molecule has 0 aromatic heterocycles. The van der Waals surface area contributed by atoms with Crippen LogP contribution in [0.4, 0.5) is 0 Å². The molecule has 0 fully saturated rings. The van der Waals surface area contributed by atoms with E-state index < -0.39 is 6.10 Å². The zero-order valence-electron chi connectivity index (χ0n) is 57.0. The summed E-state index contributed by atoms with van der Waals surface area (Å²) in [5, 5.41) is 0. The van der Waals surface area contributed by atoms with Gasteiger partial charge in [0.05, 0.1) is 0 Å². The van der Waals surface area contributed by atoms with E-state index in [1.165, 1.54) is 360 Å². The van der Waals surface area contributed by atoms with Crippen LogP contribution < -0.4 is 0 Å². The standard InChI is InChI=1S/C77H150O6/c1-4-7-10-13-16-19-22-25-28-30-32-34-36-37-38-39-41-42-44-46-49-52-55-58-61-64-67-70-76(79)82-73-74(72-81-75(78)69-66-63-60-57-54-51-48-27-24-21-18-15-12-9-6-3)83-77(80)71-68-65-62-59-56-53-50-47-45-43-40-35-33-31-29-26-23-20-17-14-11-8-5-2/h74H,4-73H2,1-3H3. The van der Waals surface area contributed by atoms with E-state index in [2.05, 4.69) is 20.8 Å². The smallest absolute Gasteiger partial charge is 0.306 e. The normalized spacial score (nSPS) is 11.9. The second kappa shape index (κ2) is 72.9. The van der Waals surface area contributed by atoms with Crippen molar-refractivity contribution >= 4 is 17.9 Å². The maximum absolute atomic E-state index is 13.0. The van der Waals surface area contributed by atoms with Gasteiger partial charge in [-0.25, -0.2) is 0 Å². The highest BCUT2D eigenvalue weighted by Crippen LogP contribution is 2.20. The number of esters is 3. The number of carbonyl (C=O) groups excluding carboxylic acids is 3. The molecule has 0 saturated carbocycles. The summed E-state index contributed by atoms with van der Waals surface area (Å²) in [5.41, 5.74) is 0. The fraction of sp³-hybridized carbons (Fsp3) is 0.961. The summed E-state index contributed by atoms with van der Waals surface area (Å²) in [4.78, 5) is 38.5. The van der Waals surface area contributed by atoms with Gasteiger partial charge >= 0.3 is 17.9 Å². The summed E-state index contributed by atoms with van der Waals surface area (Å²) in [6.07, 6.45) is 87.3. The van der Waals surface area contributed by atoms with Gasteiger partial charge in [0.2, 0.25) is 0 Å². The molecule has 0 amide bonds. The summed E-state index contributed by atoms with van der Waals surface area (Å²) in [5.74, 6) is -0.814. The SMILES string of the molecule is CCCCCCCCCCCCCCCCCCCCCCCCCCCCCC(=O)OCC(COC(=O)CCCCCCCCCCCCCCCCC)OC(=O)CCCCCCCCCCCCCCCCCCCCCCCCC. The van der Waals surface area contributed by atoms with Crippen LogP contribution in [0.25, 0.3) is 0 Å². The zero-order valence-corrected chi connectivity index (χ0v) is 57.0. The second-order valence-electron chi connectivity index (χ2n) is 26.6. The first-order valence-electron chi connectivity index (χ1n) is 38.5. The Balaban J connectivity index is 4.19. The lowest BCUT2D eigenvalue weighted by Gasteiger charge is -2.18. The van der Waals surface area contributed by atoms with Crippen LogP contribution in [-0.4, -0.2) is 37.2 Å². The molecule has 0 aliphatic heterocycles. The Morgan fingerprint density at radius 1 is 0.193 bits per heavy atom. The maximum atomic E-state index is 13.0. The van der Waals surface area contributed by atoms with E-state index in [-0.39, 0.29) is 31.1 Å². The maximum Gasteiger partial charge on any atom is 0.306 e. The third kappa shape index (κ3) is 71.1. The number of unbranched alkanes of at least 4 members (excludes halogenated alkanes) is 62. The van der Waals surface area contributed by atoms with Crippen LogP contribution in [-0.2, 0) is 28.6 Å². The van der Waals surface area contributed by atoms with Crippen molar-refractivity contribution in [1.82, 2.24) is 0 Å². The van der Waals surface area contributed by atoms with E-state index in [0.717, 1.165) is 57.8 Å². The van der Waals surface area contributed by atoms with Gasteiger partial charge in [-0.1, -0.05) is 419 Å². The van der Waals surface area contributed by atoms with Gasteiger partial charge < -0.3 is 14.2 Å². The second-order valence-corrected chi connectivity index (χ2v) is 26.6. The molecule has 1 unspecified atom stereocenters. The van der Waals surface area contributed by atoms with Gasteiger partial charge in [0.15, 0.2) is 6.10 Å². The Hall–Kier alpha value is -1.59. The Kier molecular flexibility index (Phi) is 71.5. The van der Waals surface area contributed by atoms with Gasteiger partial charge in [-0.05, 0) is 19.3 Å². The molecule has 6 heteroatoms. The van der Waals surface area contributed by atoms with E-state index in [4.69, 9.17) is 14.2 Å². The van der Waals surface area contributed by atoms with Gasteiger partial charge in [-0.15, -0.1) is 0 Å². The van der Waals surface area contributed by atoms with Crippen molar-refractivity contribution in [3.05, 3.63) is 0 Å². The molecule has 0 heterocycles. The quantitative estimate of drug-likeness (QED) is 0.0343. The van der Waals surface area contributed by atoms with Crippen LogP contribution in [0.3, 0.4) is 0 Å². The van der Waals surface area contributed by atoms with Gasteiger partial charge in [0, 0.05) is 19.3 Å². The fourth-order valence-electron chi connectivity index (χ4n) is 12.3. The molecule has 0 spiro atoms. The van der Waals surface area contributed by atoms with Crippen molar-refractivity contribution in [2.75, 3.05) is 13.2 Å². The van der Waals surface area contributed by atoms with E-state index in [1.807, 2.05) is 0 Å². The van der Waals surface area contributed by atoms with E-state index in [9.17, 15) is 14.4 Å². The van der Waals surface area contributed by atoms with Crippen LogP contribution in [0.5, 0.6) is 0 Å². The molecule has 0 N–H and O–H groups in total. The predicted octanol–water partition coefficient (Wildman–Crippen LogP) is 26.6. The van der Waals surface area contributed by atoms with Crippen LogP contribution in [0.15, 0.2) is 0 Å². The molecule has 0 aromatic carbocycles. The molecule has 83 heavy (non-hydrogen) atoms. The molecule has 0 aromatic rings. The van der Waals surface area contributed by atoms with Gasteiger partial charge in [-0.2, -0.15) is 0 Å². The molecule has 1 atom stereocenters. The summed E-state index contributed by atoms with van der Waals surface area (Å²) < 4.78 is 17.1. The Morgan fingerprint density at radius 3 is 0.482 bits per heavy atom. The van der Waals surface area contributed by atoms with E-state index >= 15 is 0 Å². The number of hydrogen-bond acceptors (Lipinski definition) is 6. The Labute approximate surface area is 520 Å². The molecule has 0 aliphatic carbocycles. The Morgan fingerprint density at radius 2 is 0.325 bits per heavy atom. The number of ether oxygens (including phenoxy) is 3. The number of carbonyl (C=O) groups is 3. The molecule has 0 aliphatic rings. The minimum Gasteiger partial charge on any atom is -0.462 e. The lowest BCUT2D eigenvalue weighted by Crippen LogP contribution is -2.30. The van der Waals surface area contributed by atoms with Crippen molar-refractivity contribution in [1.29, 1.82) is 0 Å².